The number of aryl methyl sites for hydroxylation is 2. The molecule has 5 heteroatoms. The third kappa shape index (κ3) is 3.35. The second kappa shape index (κ2) is 6.49. The van der Waals surface area contributed by atoms with Crippen LogP contribution in [0.3, 0.4) is 0 Å². The van der Waals surface area contributed by atoms with Crippen molar-refractivity contribution in [2.45, 2.75) is 38.9 Å². The number of likely N-dealkylation sites (tertiary alicyclic amines) is 1. The molecular formula is C18H25NO4. The molecule has 1 aromatic rings. The van der Waals surface area contributed by atoms with Crippen molar-refractivity contribution in [3.05, 3.63) is 28.8 Å². The predicted molar refractivity (Wildman–Crippen MR) is 86.6 cm³/mol. The molecule has 0 atom stereocenters. The van der Waals surface area contributed by atoms with Gasteiger partial charge < -0.3 is 19.1 Å². The van der Waals surface area contributed by atoms with E-state index in [9.17, 15) is 4.79 Å². The Morgan fingerprint density at radius 1 is 1.22 bits per heavy atom. The maximum atomic E-state index is 12.7. The Labute approximate surface area is 137 Å². The van der Waals surface area contributed by atoms with Gasteiger partial charge in [-0.1, -0.05) is 6.07 Å². The average molecular weight is 319 g/mol. The highest BCUT2D eigenvalue weighted by atomic mass is 16.7. The first-order valence-electron chi connectivity index (χ1n) is 8.23. The van der Waals surface area contributed by atoms with Gasteiger partial charge in [-0.25, -0.2) is 0 Å². The van der Waals surface area contributed by atoms with Gasteiger partial charge in [0.2, 0.25) is 5.91 Å². The summed E-state index contributed by atoms with van der Waals surface area (Å²) in [6.07, 6.45) is 1.88. The van der Waals surface area contributed by atoms with Crippen molar-refractivity contribution in [1.82, 2.24) is 4.90 Å². The summed E-state index contributed by atoms with van der Waals surface area (Å²) in [7, 11) is 1.65. The molecule has 23 heavy (non-hydrogen) atoms. The molecular weight excluding hydrogens is 294 g/mol. The summed E-state index contributed by atoms with van der Waals surface area (Å²) in [5, 5.41) is 0. The Morgan fingerprint density at radius 3 is 2.48 bits per heavy atom. The molecule has 3 rings (SSSR count). The van der Waals surface area contributed by atoms with Gasteiger partial charge in [0, 0.05) is 31.5 Å². The van der Waals surface area contributed by atoms with Crippen LogP contribution < -0.4 is 4.74 Å². The summed E-state index contributed by atoms with van der Waals surface area (Å²) < 4.78 is 16.9. The lowest BCUT2D eigenvalue weighted by atomic mass is 9.99. The Hall–Kier alpha value is -1.59. The zero-order valence-corrected chi connectivity index (χ0v) is 14.2. The van der Waals surface area contributed by atoms with Gasteiger partial charge in [-0.15, -0.1) is 0 Å². The van der Waals surface area contributed by atoms with Crippen molar-refractivity contribution in [2.75, 3.05) is 33.4 Å². The maximum Gasteiger partial charge on any atom is 0.227 e. The minimum atomic E-state index is -0.436. The topological polar surface area (TPSA) is 48.0 Å². The smallest absolute Gasteiger partial charge is 0.227 e. The van der Waals surface area contributed by atoms with Crippen molar-refractivity contribution >= 4 is 5.91 Å². The average Bonchev–Trinajstić information content (AvgIpc) is 2.98. The lowest BCUT2D eigenvalue weighted by Gasteiger charge is -2.37. The van der Waals surface area contributed by atoms with Crippen LogP contribution in [0.2, 0.25) is 0 Å². The van der Waals surface area contributed by atoms with Crippen LogP contribution in [0.4, 0.5) is 0 Å². The molecule has 126 valence electrons. The summed E-state index contributed by atoms with van der Waals surface area (Å²) in [5.41, 5.74) is 3.23. The summed E-state index contributed by atoms with van der Waals surface area (Å²) in [6, 6.07) is 4.08. The molecule has 0 bridgehead atoms. The quantitative estimate of drug-likeness (QED) is 0.857. The molecule has 2 aliphatic heterocycles. The SMILES string of the molecule is COc1cc(C)cc(C)c1CC(=O)N1CCC2(CC1)OCCO2. The van der Waals surface area contributed by atoms with E-state index in [1.54, 1.807) is 7.11 Å². The van der Waals surface area contributed by atoms with Gasteiger partial charge in [0.15, 0.2) is 5.79 Å². The lowest BCUT2D eigenvalue weighted by molar-refractivity contribution is -0.187. The van der Waals surface area contributed by atoms with E-state index in [-0.39, 0.29) is 5.91 Å². The molecule has 0 radical (unpaired) electrons. The molecule has 2 aliphatic rings. The van der Waals surface area contributed by atoms with Crippen molar-refractivity contribution in [3.63, 3.8) is 0 Å². The molecule has 0 aliphatic carbocycles. The van der Waals surface area contributed by atoms with Crippen molar-refractivity contribution in [2.24, 2.45) is 0 Å². The highest BCUT2D eigenvalue weighted by molar-refractivity contribution is 5.80. The number of methoxy groups -OCH3 is 1. The molecule has 0 unspecified atom stereocenters. The molecule has 2 heterocycles. The predicted octanol–water partition coefficient (Wildman–Crippen LogP) is 2.22. The van der Waals surface area contributed by atoms with Gasteiger partial charge in [-0.2, -0.15) is 0 Å². The standard InChI is InChI=1S/C18H25NO4/c1-13-10-14(2)15(16(11-13)21-3)12-17(20)19-6-4-18(5-7-19)22-8-9-23-18/h10-11H,4-9,12H2,1-3H3. The van der Waals surface area contributed by atoms with Crippen LogP contribution >= 0.6 is 0 Å². The van der Waals surface area contributed by atoms with Crippen LogP contribution in [0.1, 0.15) is 29.5 Å². The number of rotatable bonds is 3. The molecule has 0 saturated carbocycles. The normalized spacial score (nSPS) is 20.0. The molecule has 1 amide bonds. The van der Waals surface area contributed by atoms with Crippen LogP contribution in [0.5, 0.6) is 5.75 Å². The first-order chi connectivity index (χ1) is 11.0. The molecule has 1 spiro atoms. The van der Waals surface area contributed by atoms with E-state index in [4.69, 9.17) is 14.2 Å². The number of hydrogen-bond acceptors (Lipinski definition) is 4. The fraction of sp³-hybridized carbons (Fsp3) is 0.611. The number of piperidine rings is 1. The van der Waals surface area contributed by atoms with E-state index in [2.05, 4.69) is 6.07 Å². The molecule has 0 N–H and O–H groups in total. The highest BCUT2D eigenvalue weighted by Gasteiger charge is 2.40. The Bertz CT molecular complexity index is 583. The molecule has 1 aromatic carbocycles. The fourth-order valence-electron chi connectivity index (χ4n) is 3.51. The summed E-state index contributed by atoms with van der Waals surface area (Å²) in [4.78, 5) is 14.6. The largest absolute Gasteiger partial charge is 0.496 e. The zero-order valence-electron chi connectivity index (χ0n) is 14.2. The monoisotopic (exact) mass is 319 g/mol. The van der Waals surface area contributed by atoms with E-state index >= 15 is 0 Å². The molecule has 5 nitrogen and oxygen atoms in total. The van der Waals surface area contributed by atoms with E-state index in [0.29, 0.717) is 32.7 Å². The van der Waals surface area contributed by atoms with Crippen LogP contribution in [-0.4, -0.2) is 50.0 Å². The van der Waals surface area contributed by atoms with Gasteiger partial charge in [-0.05, 0) is 31.0 Å². The molecule has 2 saturated heterocycles. The van der Waals surface area contributed by atoms with Gasteiger partial charge in [0.05, 0.1) is 26.7 Å². The molecule has 2 fully saturated rings. The zero-order chi connectivity index (χ0) is 16.4. The number of nitrogens with zero attached hydrogens (tertiary/aromatic N) is 1. The van der Waals surface area contributed by atoms with E-state index in [1.807, 2.05) is 24.8 Å². The number of benzene rings is 1. The van der Waals surface area contributed by atoms with Crippen LogP contribution in [0.25, 0.3) is 0 Å². The third-order valence-corrected chi connectivity index (χ3v) is 4.82. The van der Waals surface area contributed by atoms with Gasteiger partial charge >= 0.3 is 0 Å². The Morgan fingerprint density at radius 2 is 1.87 bits per heavy atom. The van der Waals surface area contributed by atoms with Crippen LogP contribution in [0, 0.1) is 13.8 Å². The first kappa shape index (κ1) is 16.3. The van der Waals surface area contributed by atoms with E-state index in [0.717, 1.165) is 35.3 Å². The fourth-order valence-corrected chi connectivity index (χ4v) is 3.51. The first-order valence-corrected chi connectivity index (χ1v) is 8.23. The Kier molecular flexibility index (Phi) is 4.60. The second-order valence-corrected chi connectivity index (χ2v) is 6.43. The minimum Gasteiger partial charge on any atom is -0.496 e. The Balaban J connectivity index is 1.66. The number of carbonyl (C=O) groups is 1. The maximum absolute atomic E-state index is 12.7. The highest BCUT2D eigenvalue weighted by Crippen LogP contribution is 2.32. The molecule has 0 aromatic heterocycles. The third-order valence-electron chi connectivity index (χ3n) is 4.82. The number of amides is 1. The number of carbonyl (C=O) groups excluding carboxylic acids is 1. The second-order valence-electron chi connectivity index (χ2n) is 6.43. The van der Waals surface area contributed by atoms with Crippen LogP contribution in [-0.2, 0) is 20.7 Å². The van der Waals surface area contributed by atoms with E-state index < -0.39 is 5.79 Å². The number of ether oxygens (including phenoxy) is 3. The summed E-state index contributed by atoms with van der Waals surface area (Å²) in [6.45, 7) is 6.76. The lowest BCUT2D eigenvalue weighted by Crippen LogP contribution is -2.47. The van der Waals surface area contributed by atoms with Gasteiger partial charge in [0.1, 0.15) is 5.75 Å². The van der Waals surface area contributed by atoms with Crippen LogP contribution in [0.15, 0.2) is 12.1 Å². The van der Waals surface area contributed by atoms with Gasteiger partial charge in [-0.3, -0.25) is 4.79 Å². The van der Waals surface area contributed by atoms with Crippen molar-refractivity contribution < 1.29 is 19.0 Å². The minimum absolute atomic E-state index is 0.142. The van der Waals surface area contributed by atoms with Crippen molar-refractivity contribution in [3.8, 4) is 5.75 Å². The van der Waals surface area contributed by atoms with Gasteiger partial charge in [0.25, 0.3) is 0 Å². The van der Waals surface area contributed by atoms with Crippen molar-refractivity contribution in [1.29, 1.82) is 0 Å². The van der Waals surface area contributed by atoms with E-state index in [1.165, 1.54) is 0 Å². The summed E-state index contributed by atoms with van der Waals surface area (Å²) >= 11 is 0. The number of hydrogen-bond donors (Lipinski definition) is 0. The summed E-state index contributed by atoms with van der Waals surface area (Å²) in [5.74, 6) is 0.503.